The van der Waals surface area contributed by atoms with Gasteiger partial charge >= 0.3 is 0 Å². The molecule has 3 nitrogen and oxygen atoms in total. The Kier molecular flexibility index (Phi) is 4.40. The average molecular weight is 266 g/mol. The van der Waals surface area contributed by atoms with E-state index in [-0.39, 0.29) is 12.1 Å². The first-order valence-electron chi connectivity index (χ1n) is 6.74. The van der Waals surface area contributed by atoms with Gasteiger partial charge in [0, 0.05) is 15.8 Å². The van der Waals surface area contributed by atoms with Crippen LogP contribution >= 0.6 is 11.3 Å². The number of hydrogen-bond donors (Lipinski definition) is 1. The van der Waals surface area contributed by atoms with E-state index in [1.807, 2.05) is 4.90 Å². The smallest absolute Gasteiger partial charge is 0.238 e. The van der Waals surface area contributed by atoms with E-state index in [4.69, 9.17) is 0 Å². The van der Waals surface area contributed by atoms with Gasteiger partial charge < -0.3 is 4.90 Å². The fraction of sp³-hybridized carbons (Fsp3) is 0.643. The molecule has 0 radical (unpaired) electrons. The van der Waals surface area contributed by atoms with Crippen molar-refractivity contribution in [2.75, 3.05) is 6.54 Å². The molecule has 100 valence electrons. The molecule has 0 aliphatic carbocycles. The van der Waals surface area contributed by atoms with E-state index >= 15 is 0 Å². The minimum Gasteiger partial charge on any atom is -0.318 e. The second-order valence-corrected chi connectivity index (χ2v) is 6.34. The van der Waals surface area contributed by atoms with Gasteiger partial charge in [-0.15, -0.1) is 11.3 Å². The number of carbonyl (C=O) groups is 1. The first-order valence-corrected chi connectivity index (χ1v) is 7.56. The summed E-state index contributed by atoms with van der Waals surface area (Å²) in [6, 6.07) is 4.58. The van der Waals surface area contributed by atoms with Gasteiger partial charge in [0.2, 0.25) is 5.91 Å². The Labute approximate surface area is 113 Å². The minimum absolute atomic E-state index is 0.0862. The van der Waals surface area contributed by atoms with Crippen LogP contribution in [0.2, 0.25) is 0 Å². The van der Waals surface area contributed by atoms with Crippen LogP contribution in [0.15, 0.2) is 12.1 Å². The summed E-state index contributed by atoms with van der Waals surface area (Å²) in [4.78, 5) is 16.6. The Morgan fingerprint density at radius 1 is 1.56 bits per heavy atom. The van der Waals surface area contributed by atoms with Crippen LogP contribution in [0.3, 0.4) is 0 Å². The van der Waals surface area contributed by atoms with Crippen molar-refractivity contribution in [3.8, 4) is 0 Å². The van der Waals surface area contributed by atoms with Gasteiger partial charge in [-0.05, 0) is 32.4 Å². The summed E-state index contributed by atoms with van der Waals surface area (Å²) in [6.07, 6.45) is 3.54. The molecule has 0 aromatic carbocycles. The van der Waals surface area contributed by atoms with E-state index in [0.717, 1.165) is 6.42 Å². The van der Waals surface area contributed by atoms with E-state index in [9.17, 15) is 4.79 Å². The van der Waals surface area contributed by atoms with Crippen LogP contribution in [-0.4, -0.2) is 23.4 Å². The summed E-state index contributed by atoms with van der Waals surface area (Å²) in [5.41, 5.74) is 0. The van der Waals surface area contributed by atoms with Crippen LogP contribution in [0.25, 0.3) is 0 Å². The van der Waals surface area contributed by atoms with Crippen LogP contribution in [0.1, 0.15) is 49.0 Å². The van der Waals surface area contributed by atoms with Crippen molar-refractivity contribution in [1.82, 2.24) is 10.2 Å². The number of nitrogens with one attached hydrogen (secondary N) is 1. The first kappa shape index (κ1) is 13.6. The molecule has 1 amide bonds. The maximum Gasteiger partial charge on any atom is 0.238 e. The molecule has 1 N–H and O–H groups in total. The topological polar surface area (TPSA) is 32.3 Å². The lowest BCUT2D eigenvalue weighted by molar-refractivity contribution is -0.130. The fourth-order valence-electron chi connectivity index (χ4n) is 2.49. The van der Waals surface area contributed by atoms with Crippen molar-refractivity contribution in [1.29, 1.82) is 0 Å². The quantitative estimate of drug-likeness (QED) is 0.888. The van der Waals surface area contributed by atoms with Crippen molar-refractivity contribution in [2.45, 2.75) is 52.2 Å². The molecule has 1 saturated heterocycles. The molecule has 2 heterocycles. The average Bonchev–Trinajstić information content (AvgIpc) is 2.92. The Hall–Kier alpha value is -0.870. The number of carbonyl (C=O) groups excluding carboxylic acids is 1. The van der Waals surface area contributed by atoms with Gasteiger partial charge in [0.1, 0.15) is 6.17 Å². The van der Waals surface area contributed by atoms with Crippen molar-refractivity contribution in [3.05, 3.63) is 21.9 Å². The molecule has 0 spiro atoms. The molecule has 1 aromatic rings. The Morgan fingerprint density at radius 3 is 2.94 bits per heavy atom. The molecule has 2 rings (SSSR count). The normalized spacial score (nSPS) is 21.6. The second kappa shape index (κ2) is 5.85. The van der Waals surface area contributed by atoms with Crippen LogP contribution in [-0.2, 0) is 4.79 Å². The molecule has 0 bridgehead atoms. The van der Waals surface area contributed by atoms with Crippen molar-refractivity contribution < 1.29 is 4.79 Å². The number of unbranched alkanes of at least 4 members (excludes halogenated alkanes) is 1. The predicted octanol–water partition coefficient (Wildman–Crippen LogP) is 3.07. The SMILES string of the molecule is CCCCC(C)N1C(=O)CNC1c1ccc(C)s1. The third-order valence-corrected chi connectivity index (χ3v) is 4.55. The molecule has 1 aromatic heterocycles. The minimum atomic E-state index is 0.0862. The fourth-order valence-corrected chi connectivity index (χ4v) is 3.45. The van der Waals surface area contributed by atoms with E-state index in [1.165, 1.54) is 22.6 Å². The van der Waals surface area contributed by atoms with Crippen molar-refractivity contribution in [3.63, 3.8) is 0 Å². The summed E-state index contributed by atoms with van der Waals surface area (Å²) < 4.78 is 0. The molecule has 1 aliphatic heterocycles. The Morgan fingerprint density at radius 2 is 2.33 bits per heavy atom. The maximum atomic E-state index is 12.0. The highest BCUT2D eigenvalue weighted by molar-refractivity contribution is 7.12. The summed E-state index contributed by atoms with van der Waals surface area (Å²) in [5, 5.41) is 3.33. The summed E-state index contributed by atoms with van der Waals surface area (Å²) in [7, 11) is 0. The zero-order valence-electron chi connectivity index (χ0n) is 11.4. The Balaban J connectivity index is 2.12. The van der Waals surface area contributed by atoms with E-state index in [1.54, 1.807) is 11.3 Å². The van der Waals surface area contributed by atoms with Gasteiger partial charge in [0.15, 0.2) is 0 Å². The predicted molar refractivity (Wildman–Crippen MR) is 75.6 cm³/mol. The van der Waals surface area contributed by atoms with Crippen LogP contribution < -0.4 is 5.32 Å². The lowest BCUT2D eigenvalue weighted by Crippen LogP contribution is -2.37. The van der Waals surface area contributed by atoms with Gasteiger partial charge in [-0.3, -0.25) is 10.1 Å². The summed E-state index contributed by atoms with van der Waals surface area (Å²) in [6.45, 7) is 6.93. The van der Waals surface area contributed by atoms with Gasteiger partial charge in [0.05, 0.1) is 6.54 Å². The Bertz CT molecular complexity index is 416. The molecule has 2 atom stereocenters. The van der Waals surface area contributed by atoms with Gasteiger partial charge in [-0.1, -0.05) is 19.8 Å². The lowest BCUT2D eigenvalue weighted by atomic mass is 10.1. The van der Waals surface area contributed by atoms with E-state index in [0.29, 0.717) is 12.6 Å². The lowest BCUT2D eigenvalue weighted by Gasteiger charge is -2.30. The van der Waals surface area contributed by atoms with Gasteiger partial charge in [0.25, 0.3) is 0 Å². The molecular weight excluding hydrogens is 244 g/mol. The van der Waals surface area contributed by atoms with Gasteiger partial charge in [-0.2, -0.15) is 0 Å². The van der Waals surface area contributed by atoms with Crippen LogP contribution in [0.4, 0.5) is 0 Å². The van der Waals surface area contributed by atoms with Gasteiger partial charge in [-0.25, -0.2) is 0 Å². The monoisotopic (exact) mass is 266 g/mol. The third-order valence-electron chi connectivity index (χ3n) is 3.49. The summed E-state index contributed by atoms with van der Waals surface area (Å²) >= 11 is 1.78. The zero-order valence-corrected chi connectivity index (χ0v) is 12.2. The summed E-state index contributed by atoms with van der Waals surface area (Å²) in [5.74, 6) is 0.231. The molecular formula is C14H22N2OS. The second-order valence-electron chi connectivity index (χ2n) is 5.02. The highest BCUT2D eigenvalue weighted by Gasteiger charge is 2.35. The number of aryl methyl sites for hydroxylation is 1. The van der Waals surface area contributed by atoms with Crippen molar-refractivity contribution >= 4 is 17.2 Å². The molecule has 1 aliphatic rings. The molecule has 18 heavy (non-hydrogen) atoms. The number of amides is 1. The van der Waals surface area contributed by atoms with E-state index < -0.39 is 0 Å². The number of hydrogen-bond acceptors (Lipinski definition) is 3. The molecule has 2 unspecified atom stereocenters. The molecule has 1 fully saturated rings. The van der Waals surface area contributed by atoms with E-state index in [2.05, 4.69) is 38.2 Å². The standard InChI is InChI=1S/C14H22N2OS/c1-4-5-6-10(2)16-13(17)9-15-14(16)12-8-7-11(3)18-12/h7-8,10,14-15H,4-6,9H2,1-3H3. The largest absolute Gasteiger partial charge is 0.318 e. The van der Waals surface area contributed by atoms with Crippen LogP contribution in [0.5, 0.6) is 0 Å². The highest BCUT2D eigenvalue weighted by Crippen LogP contribution is 2.31. The number of thiophene rings is 1. The maximum absolute atomic E-state index is 12.0. The van der Waals surface area contributed by atoms with Crippen molar-refractivity contribution in [2.24, 2.45) is 0 Å². The number of nitrogens with zero attached hydrogens (tertiary/aromatic N) is 1. The zero-order chi connectivity index (χ0) is 13.1. The van der Waals surface area contributed by atoms with Crippen LogP contribution in [0, 0.1) is 6.92 Å². The first-order chi connectivity index (χ1) is 8.63. The molecule has 0 saturated carbocycles. The number of rotatable bonds is 5. The third kappa shape index (κ3) is 2.75. The molecule has 4 heteroatoms. The highest BCUT2D eigenvalue weighted by atomic mass is 32.1.